The molecule has 0 aliphatic carbocycles. The molecular formula is C23H25F3O7S. The van der Waals surface area contributed by atoms with Gasteiger partial charge in [0.05, 0.1) is 19.8 Å². The van der Waals surface area contributed by atoms with Crippen LogP contribution in [0.5, 0.6) is 0 Å². The first-order chi connectivity index (χ1) is 16.1. The quantitative estimate of drug-likeness (QED) is 0.277. The van der Waals surface area contributed by atoms with Gasteiger partial charge >= 0.3 is 15.6 Å². The molecule has 1 aliphatic heterocycles. The topological polar surface area (TPSA) is 80.3 Å². The third-order valence-electron chi connectivity index (χ3n) is 5.09. The zero-order valence-corrected chi connectivity index (χ0v) is 19.1. The van der Waals surface area contributed by atoms with Crippen molar-refractivity contribution in [2.75, 3.05) is 13.7 Å². The first kappa shape index (κ1) is 26.3. The third-order valence-corrected chi connectivity index (χ3v) is 6.11. The van der Waals surface area contributed by atoms with Crippen LogP contribution in [0.3, 0.4) is 0 Å². The maximum atomic E-state index is 12.7. The fourth-order valence-corrected chi connectivity index (χ4v) is 3.75. The van der Waals surface area contributed by atoms with Gasteiger partial charge in [-0.05, 0) is 16.7 Å². The highest BCUT2D eigenvalue weighted by Crippen LogP contribution is 2.32. The predicted molar refractivity (Wildman–Crippen MR) is 116 cm³/mol. The maximum Gasteiger partial charge on any atom is 0.523 e. The number of alkyl halides is 3. The highest BCUT2D eigenvalue weighted by atomic mass is 32.2. The van der Waals surface area contributed by atoms with E-state index in [0.717, 1.165) is 11.1 Å². The van der Waals surface area contributed by atoms with Gasteiger partial charge in [0, 0.05) is 7.11 Å². The van der Waals surface area contributed by atoms with Crippen LogP contribution in [0, 0.1) is 0 Å². The van der Waals surface area contributed by atoms with E-state index in [1.165, 1.54) is 7.11 Å². The lowest BCUT2D eigenvalue weighted by Crippen LogP contribution is -2.54. The molecule has 0 aromatic heterocycles. The van der Waals surface area contributed by atoms with E-state index in [0.29, 0.717) is 0 Å². The van der Waals surface area contributed by atoms with Gasteiger partial charge in [-0.2, -0.15) is 21.6 Å². The summed E-state index contributed by atoms with van der Waals surface area (Å²) in [6.07, 6.45) is -4.06. The standard InChI is InChI=1S/C23H25F3O7S/c1-16-19(15-32-34(27,28)23(24,25)26)33-22(29-2)21(31-14-18-11-7-4-8-12-18)20(16)30-13-17-9-5-3-6-10-17/h3-12,19-22H,1,13-15H2,2H3/t19-,20+,21-,22+/m1/s1. The van der Waals surface area contributed by atoms with Gasteiger partial charge in [0.2, 0.25) is 0 Å². The molecule has 1 fully saturated rings. The smallest absolute Gasteiger partial charge is 0.366 e. The molecule has 1 heterocycles. The summed E-state index contributed by atoms with van der Waals surface area (Å²) in [4.78, 5) is 0. The van der Waals surface area contributed by atoms with Crippen molar-refractivity contribution in [2.45, 2.75) is 43.3 Å². The van der Waals surface area contributed by atoms with Gasteiger partial charge in [0.1, 0.15) is 18.3 Å². The van der Waals surface area contributed by atoms with E-state index in [-0.39, 0.29) is 18.8 Å². The van der Waals surface area contributed by atoms with Gasteiger partial charge in [-0.1, -0.05) is 67.2 Å². The summed E-state index contributed by atoms with van der Waals surface area (Å²) >= 11 is 0. The van der Waals surface area contributed by atoms with Crippen LogP contribution < -0.4 is 0 Å². The van der Waals surface area contributed by atoms with Crippen molar-refractivity contribution in [2.24, 2.45) is 0 Å². The van der Waals surface area contributed by atoms with Crippen LogP contribution in [0.2, 0.25) is 0 Å². The van der Waals surface area contributed by atoms with Crippen LogP contribution in [-0.4, -0.2) is 52.2 Å². The van der Waals surface area contributed by atoms with Gasteiger partial charge in [0.15, 0.2) is 6.29 Å². The zero-order chi connectivity index (χ0) is 24.8. The summed E-state index contributed by atoms with van der Waals surface area (Å²) in [5.41, 5.74) is -3.69. The van der Waals surface area contributed by atoms with Crippen molar-refractivity contribution >= 4 is 10.1 Å². The number of hydrogen-bond acceptors (Lipinski definition) is 7. The van der Waals surface area contributed by atoms with Crippen molar-refractivity contribution in [1.29, 1.82) is 0 Å². The normalized spacial score (nSPS) is 23.7. The Bertz CT molecular complexity index is 1030. The molecular weight excluding hydrogens is 477 g/mol. The molecule has 186 valence electrons. The lowest BCUT2D eigenvalue weighted by molar-refractivity contribution is -0.262. The number of benzene rings is 2. The van der Waals surface area contributed by atoms with E-state index in [4.69, 9.17) is 18.9 Å². The largest absolute Gasteiger partial charge is 0.523 e. The molecule has 11 heteroatoms. The fourth-order valence-electron chi connectivity index (χ4n) is 3.31. The molecule has 0 amide bonds. The first-order valence-corrected chi connectivity index (χ1v) is 11.7. The minimum absolute atomic E-state index is 0.139. The molecule has 2 aromatic rings. The van der Waals surface area contributed by atoms with Crippen LogP contribution in [0.25, 0.3) is 0 Å². The van der Waals surface area contributed by atoms with E-state index < -0.39 is 46.8 Å². The molecule has 0 N–H and O–H groups in total. The number of hydrogen-bond donors (Lipinski definition) is 0. The highest BCUT2D eigenvalue weighted by molar-refractivity contribution is 7.87. The van der Waals surface area contributed by atoms with Crippen LogP contribution in [0.1, 0.15) is 11.1 Å². The van der Waals surface area contributed by atoms with Gasteiger partial charge < -0.3 is 18.9 Å². The van der Waals surface area contributed by atoms with Gasteiger partial charge in [-0.15, -0.1) is 0 Å². The number of ether oxygens (including phenoxy) is 4. The average molecular weight is 503 g/mol. The molecule has 0 bridgehead atoms. The number of halogens is 3. The first-order valence-electron chi connectivity index (χ1n) is 10.3. The molecule has 0 unspecified atom stereocenters. The summed E-state index contributed by atoms with van der Waals surface area (Å²) in [7, 11) is -4.48. The predicted octanol–water partition coefficient (Wildman–Crippen LogP) is 3.95. The monoisotopic (exact) mass is 502 g/mol. The van der Waals surface area contributed by atoms with Crippen LogP contribution in [0.15, 0.2) is 72.8 Å². The number of rotatable bonds is 10. The second-order valence-corrected chi connectivity index (χ2v) is 9.07. The molecule has 0 saturated carbocycles. The van der Waals surface area contributed by atoms with Crippen LogP contribution in [-0.2, 0) is 46.5 Å². The fraction of sp³-hybridized carbons (Fsp3) is 0.391. The molecule has 34 heavy (non-hydrogen) atoms. The summed E-state index contributed by atoms with van der Waals surface area (Å²) in [6, 6.07) is 18.5. The highest BCUT2D eigenvalue weighted by Gasteiger charge is 2.49. The molecule has 0 radical (unpaired) electrons. The zero-order valence-electron chi connectivity index (χ0n) is 18.3. The van der Waals surface area contributed by atoms with Crippen molar-refractivity contribution in [3.05, 3.63) is 83.9 Å². The SMILES string of the molecule is C=C1[C@@H](COS(=O)(=O)C(F)(F)F)O[C@H](OC)[C@H](OCc2ccccc2)[C@H]1OCc1ccccc1. The molecule has 1 saturated heterocycles. The Hall–Kier alpha value is -2.28. The van der Waals surface area contributed by atoms with Gasteiger partial charge in [-0.25, -0.2) is 0 Å². The molecule has 2 aromatic carbocycles. The Balaban J connectivity index is 1.78. The minimum Gasteiger partial charge on any atom is -0.366 e. The van der Waals surface area contributed by atoms with Crippen molar-refractivity contribution < 1.29 is 44.7 Å². The number of methoxy groups -OCH3 is 1. The van der Waals surface area contributed by atoms with E-state index in [1.807, 2.05) is 60.7 Å². The maximum absolute atomic E-state index is 12.7. The van der Waals surface area contributed by atoms with E-state index in [9.17, 15) is 21.6 Å². The minimum atomic E-state index is -5.81. The molecule has 4 atom stereocenters. The Labute approximate surface area is 196 Å². The Morgan fingerprint density at radius 1 is 0.941 bits per heavy atom. The van der Waals surface area contributed by atoms with Crippen molar-refractivity contribution in [1.82, 2.24) is 0 Å². The lowest BCUT2D eigenvalue weighted by Gasteiger charge is -2.42. The Morgan fingerprint density at radius 3 is 1.97 bits per heavy atom. The third kappa shape index (κ3) is 6.65. The van der Waals surface area contributed by atoms with Gasteiger partial charge in [-0.3, -0.25) is 4.18 Å². The molecule has 0 spiro atoms. The van der Waals surface area contributed by atoms with Gasteiger partial charge in [0.25, 0.3) is 0 Å². The van der Waals surface area contributed by atoms with Crippen molar-refractivity contribution in [3.8, 4) is 0 Å². The summed E-state index contributed by atoms with van der Waals surface area (Å²) in [5.74, 6) is 0. The molecule has 7 nitrogen and oxygen atoms in total. The summed E-state index contributed by atoms with van der Waals surface area (Å²) in [6.45, 7) is 3.25. The second-order valence-electron chi connectivity index (χ2n) is 7.47. The average Bonchev–Trinajstić information content (AvgIpc) is 2.82. The Morgan fingerprint density at radius 2 is 1.47 bits per heavy atom. The van der Waals surface area contributed by atoms with E-state index in [2.05, 4.69) is 10.8 Å². The summed E-state index contributed by atoms with van der Waals surface area (Å²) < 4.78 is 88.0. The Kier molecular flexibility index (Phi) is 8.85. The van der Waals surface area contributed by atoms with E-state index in [1.54, 1.807) is 0 Å². The molecule has 1 aliphatic rings. The van der Waals surface area contributed by atoms with Crippen molar-refractivity contribution in [3.63, 3.8) is 0 Å². The lowest BCUT2D eigenvalue weighted by atomic mass is 9.96. The van der Waals surface area contributed by atoms with Crippen LogP contribution in [0.4, 0.5) is 13.2 Å². The van der Waals surface area contributed by atoms with Crippen LogP contribution >= 0.6 is 0 Å². The summed E-state index contributed by atoms with van der Waals surface area (Å²) in [5, 5.41) is 0. The molecule has 3 rings (SSSR count). The van der Waals surface area contributed by atoms with E-state index >= 15 is 0 Å². The second kappa shape index (κ2) is 11.4.